The van der Waals surface area contributed by atoms with Gasteiger partial charge in [0.2, 0.25) is 0 Å². The van der Waals surface area contributed by atoms with Crippen molar-refractivity contribution in [2.24, 2.45) is 0 Å². The molecule has 0 atom stereocenters. The Balaban J connectivity index is 2.43. The van der Waals surface area contributed by atoms with E-state index in [-0.39, 0.29) is 0 Å². The number of allylic oxidation sites excluding steroid dienone is 1. The van der Waals surface area contributed by atoms with Gasteiger partial charge in [0.25, 0.3) is 0 Å². The summed E-state index contributed by atoms with van der Waals surface area (Å²) >= 11 is 0. The molecule has 3 aromatic carbocycles. The van der Waals surface area contributed by atoms with E-state index in [9.17, 15) is 0 Å². The molecule has 0 aliphatic rings. The Morgan fingerprint density at radius 1 is 0.789 bits per heavy atom. The Hall–Kier alpha value is -2.34. The van der Waals surface area contributed by atoms with E-state index in [1.807, 2.05) is 12.2 Å². The second-order valence-electron chi connectivity index (χ2n) is 4.72. The minimum Gasteiger partial charge on any atom is -0.103 e. The Labute approximate surface area is 113 Å². The van der Waals surface area contributed by atoms with Crippen LogP contribution >= 0.6 is 0 Å². The molecule has 3 aromatic rings. The van der Waals surface area contributed by atoms with Crippen molar-refractivity contribution in [1.29, 1.82) is 0 Å². The number of benzene rings is 3. The lowest BCUT2D eigenvalue weighted by Crippen LogP contribution is -1.89. The summed E-state index contributed by atoms with van der Waals surface area (Å²) in [6.45, 7) is 7.80. The molecule has 0 heterocycles. The van der Waals surface area contributed by atoms with Gasteiger partial charge in [-0.05, 0) is 39.1 Å². The van der Waals surface area contributed by atoms with Crippen LogP contribution in [0.5, 0.6) is 0 Å². The molecule has 0 saturated heterocycles. The molecule has 0 aliphatic carbocycles. The van der Waals surface area contributed by atoms with Crippen molar-refractivity contribution in [2.45, 2.75) is 6.42 Å². The second kappa shape index (κ2) is 4.74. The first-order valence-corrected chi connectivity index (χ1v) is 6.52. The number of fused-ring (bicyclic) bond motifs is 3. The molecule has 92 valence electrons. The van der Waals surface area contributed by atoms with E-state index in [4.69, 9.17) is 0 Å². The van der Waals surface area contributed by atoms with E-state index >= 15 is 0 Å². The normalized spacial score (nSPS) is 10.7. The van der Waals surface area contributed by atoms with Gasteiger partial charge in [-0.15, -0.1) is 6.58 Å². The molecule has 0 N–H and O–H groups in total. The van der Waals surface area contributed by atoms with Gasteiger partial charge in [-0.25, -0.2) is 0 Å². The highest BCUT2D eigenvalue weighted by molar-refractivity contribution is 6.10. The van der Waals surface area contributed by atoms with Crippen LogP contribution in [0.3, 0.4) is 0 Å². The molecule has 0 spiro atoms. The highest BCUT2D eigenvalue weighted by Crippen LogP contribution is 2.30. The van der Waals surface area contributed by atoms with Crippen molar-refractivity contribution in [3.8, 4) is 0 Å². The van der Waals surface area contributed by atoms with Gasteiger partial charge in [0, 0.05) is 0 Å². The summed E-state index contributed by atoms with van der Waals surface area (Å²) in [5.41, 5.74) is 2.51. The molecule has 0 radical (unpaired) electrons. The lowest BCUT2D eigenvalue weighted by atomic mass is 9.94. The number of hydrogen-bond donors (Lipinski definition) is 0. The highest BCUT2D eigenvalue weighted by Gasteiger charge is 2.06. The fourth-order valence-corrected chi connectivity index (χ4v) is 2.73. The van der Waals surface area contributed by atoms with Gasteiger partial charge in [-0.3, -0.25) is 0 Å². The fourth-order valence-electron chi connectivity index (χ4n) is 2.73. The molecule has 0 amide bonds. The van der Waals surface area contributed by atoms with E-state index < -0.39 is 0 Å². The lowest BCUT2D eigenvalue weighted by Gasteiger charge is -2.10. The largest absolute Gasteiger partial charge is 0.103 e. The van der Waals surface area contributed by atoms with Crippen LogP contribution in [-0.4, -0.2) is 0 Å². The minimum atomic E-state index is 0.879. The first kappa shape index (κ1) is 11.7. The maximum absolute atomic E-state index is 3.97. The van der Waals surface area contributed by atoms with Gasteiger partial charge in [-0.2, -0.15) is 0 Å². The van der Waals surface area contributed by atoms with Crippen LogP contribution in [0.2, 0.25) is 0 Å². The Kier molecular flexibility index (Phi) is 2.92. The van der Waals surface area contributed by atoms with Crippen LogP contribution in [0, 0.1) is 0 Å². The van der Waals surface area contributed by atoms with E-state index in [2.05, 4.69) is 61.7 Å². The third kappa shape index (κ3) is 1.86. The Morgan fingerprint density at radius 2 is 1.58 bits per heavy atom. The van der Waals surface area contributed by atoms with Crippen molar-refractivity contribution in [3.05, 3.63) is 78.9 Å². The van der Waals surface area contributed by atoms with Gasteiger partial charge >= 0.3 is 0 Å². The molecule has 0 aromatic heterocycles. The van der Waals surface area contributed by atoms with Gasteiger partial charge < -0.3 is 0 Å². The molecule has 19 heavy (non-hydrogen) atoms. The van der Waals surface area contributed by atoms with Crippen LogP contribution in [0.15, 0.2) is 67.8 Å². The number of hydrogen-bond acceptors (Lipinski definition) is 0. The van der Waals surface area contributed by atoms with E-state index in [0.717, 1.165) is 6.42 Å². The third-order valence-corrected chi connectivity index (χ3v) is 3.63. The monoisotopic (exact) mass is 244 g/mol. The van der Waals surface area contributed by atoms with Crippen LogP contribution in [0.4, 0.5) is 0 Å². The van der Waals surface area contributed by atoms with Crippen molar-refractivity contribution in [1.82, 2.24) is 0 Å². The van der Waals surface area contributed by atoms with Gasteiger partial charge in [0.1, 0.15) is 0 Å². The molecule has 0 nitrogen and oxygen atoms in total. The van der Waals surface area contributed by atoms with E-state index in [1.165, 1.54) is 32.7 Å². The quantitative estimate of drug-likeness (QED) is 0.429. The summed E-state index contributed by atoms with van der Waals surface area (Å²) < 4.78 is 0. The first-order valence-electron chi connectivity index (χ1n) is 6.52. The molecule has 0 bridgehead atoms. The summed E-state index contributed by atoms with van der Waals surface area (Å²) in [6, 6.07) is 17.3. The zero-order valence-corrected chi connectivity index (χ0v) is 10.9. The lowest BCUT2D eigenvalue weighted by molar-refractivity contribution is 1.28. The molecule has 3 rings (SSSR count). The zero-order valence-electron chi connectivity index (χ0n) is 10.9. The van der Waals surface area contributed by atoms with E-state index in [0.29, 0.717) is 0 Å². The second-order valence-corrected chi connectivity index (χ2v) is 4.72. The summed E-state index contributed by atoms with van der Waals surface area (Å²) in [5.74, 6) is 0. The first-order chi connectivity index (χ1) is 9.35. The highest BCUT2D eigenvalue weighted by atomic mass is 14.1. The Morgan fingerprint density at radius 3 is 2.37 bits per heavy atom. The predicted molar refractivity (Wildman–Crippen MR) is 85.4 cm³/mol. The maximum atomic E-state index is 3.97. The molecular weight excluding hydrogens is 228 g/mol. The van der Waals surface area contributed by atoms with Crippen molar-refractivity contribution < 1.29 is 0 Å². The molecule has 0 fully saturated rings. The maximum Gasteiger partial charge on any atom is -0.00940 e. The molecular formula is C19H16. The SMILES string of the molecule is C=CCc1ccc2c(ccc3ccccc32)c1C=C. The standard InChI is InChI=1S/C19H16/c1-3-7-14-10-13-19-17-9-6-5-8-15(17)11-12-18(19)16(14)4-2/h3-6,8-13H,1-2,7H2. The summed E-state index contributed by atoms with van der Waals surface area (Å²) in [7, 11) is 0. The Bertz CT molecular complexity index is 778. The fraction of sp³-hybridized carbons (Fsp3) is 0.0526. The van der Waals surface area contributed by atoms with Crippen molar-refractivity contribution in [3.63, 3.8) is 0 Å². The average molecular weight is 244 g/mol. The van der Waals surface area contributed by atoms with Crippen LogP contribution < -0.4 is 0 Å². The van der Waals surface area contributed by atoms with Gasteiger partial charge in [-0.1, -0.05) is 67.3 Å². The molecule has 0 unspecified atom stereocenters. The van der Waals surface area contributed by atoms with Crippen LogP contribution in [-0.2, 0) is 6.42 Å². The van der Waals surface area contributed by atoms with Crippen LogP contribution in [0.25, 0.3) is 27.6 Å². The molecule has 0 saturated carbocycles. The van der Waals surface area contributed by atoms with Gasteiger partial charge in [0.05, 0.1) is 0 Å². The average Bonchev–Trinajstić information content (AvgIpc) is 2.47. The van der Waals surface area contributed by atoms with Crippen molar-refractivity contribution >= 4 is 27.6 Å². The topological polar surface area (TPSA) is 0 Å². The van der Waals surface area contributed by atoms with Crippen LogP contribution in [0.1, 0.15) is 11.1 Å². The molecule has 0 aliphatic heterocycles. The van der Waals surface area contributed by atoms with Crippen molar-refractivity contribution in [2.75, 3.05) is 0 Å². The van der Waals surface area contributed by atoms with E-state index in [1.54, 1.807) is 0 Å². The third-order valence-electron chi connectivity index (χ3n) is 3.63. The summed E-state index contributed by atoms with van der Waals surface area (Å²) in [6.07, 6.45) is 4.77. The number of rotatable bonds is 3. The zero-order chi connectivity index (χ0) is 13.2. The smallest absolute Gasteiger partial charge is 0.00940 e. The van der Waals surface area contributed by atoms with Gasteiger partial charge in [0.15, 0.2) is 0 Å². The predicted octanol–water partition coefficient (Wildman–Crippen LogP) is 5.36. The summed E-state index contributed by atoms with van der Waals surface area (Å²) in [5, 5.41) is 5.14. The minimum absolute atomic E-state index is 0.879. The molecule has 0 heteroatoms. The summed E-state index contributed by atoms with van der Waals surface area (Å²) in [4.78, 5) is 0.